The predicted molar refractivity (Wildman–Crippen MR) is 60.2 cm³/mol. The van der Waals surface area contributed by atoms with E-state index in [9.17, 15) is 13.2 Å². The van der Waals surface area contributed by atoms with Gasteiger partial charge < -0.3 is 5.73 Å². The van der Waals surface area contributed by atoms with Crippen molar-refractivity contribution in [2.45, 2.75) is 19.5 Å². The summed E-state index contributed by atoms with van der Waals surface area (Å²) in [5.74, 6) is -4.00. The maximum atomic E-state index is 13.6. The van der Waals surface area contributed by atoms with Gasteiger partial charge in [0.25, 0.3) is 0 Å². The van der Waals surface area contributed by atoms with Gasteiger partial charge in [0, 0.05) is 23.9 Å². The first-order valence-corrected chi connectivity index (χ1v) is 5.46. The van der Waals surface area contributed by atoms with Crippen molar-refractivity contribution in [3.05, 3.63) is 53.1 Å². The van der Waals surface area contributed by atoms with Gasteiger partial charge in [0.05, 0.1) is 12.2 Å². The minimum Gasteiger partial charge on any atom is -0.320 e. The molecule has 0 spiro atoms. The van der Waals surface area contributed by atoms with Crippen LogP contribution in [0.2, 0.25) is 0 Å². The minimum absolute atomic E-state index is 0.0930. The lowest BCUT2D eigenvalue weighted by molar-refractivity contribution is 0.438. The molecule has 18 heavy (non-hydrogen) atoms. The summed E-state index contributed by atoms with van der Waals surface area (Å²) in [4.78, 5) is 0. The van der Waals surface area contributed by atoms with Crippen molar-refractivity contribution in [3.63, 3.8) is 0 Å². The number of hydrogen-bond donors (Lipinski definition) is 1. The van der Waals surface area contributed by atoms with E-state index in [1.54, 1.807) is 10.9 Å². The molecule has 6 heteroatoms. The molecule has 0 aliphatic rings. The number of aromatic nitrogens is 2. The summed E-state index contributed by atoms with van der Waals surface area (Å²) in [5, 5.41) is 4.00. The number of halogens is 3. The largest absolute Gasteiger partial charge is 0.320 e. The Kier molecular flexibility index (Phi) is 3.38. The third kappa shape index (κ3) is 2.11. The first-order chi connectivity index (χ1) is 8.54. The first-order valence-electron chi connectivity index (χ1n) is 5.46. The summed E-state index contributed by atoms with van der Waals surface area (Å²) in [7, 11) is 0. The fraction of sp³-hybridized carbons (Fsp3) is 0.250. The van der Waals surface area contributed by atoms with E-state index in [-0.39, 0.29) is 5.56 Å². The van der Waals surface area contributed by atoms with Crippen LogP contribution < -0.4 is 5.73 Å². The van der Waals surface area contributed by atoms with E-state index in [1.165, 1.54) is 6.20 Å². The maximum absolute atomic E-state index is 13.6. The summed E-state index contributed by atoms with van der Waals surface area (Å²) in [6.07, 6.45) is 3.13. The summed E-state index contributed by atoms with van der Waals surface area (Å²) in [6.45, 7) is 2.54. The number of aryl methyl sites for hydroxylation is 1. The van der Waals surface area contributed by atoms with E-state index in [2.05, 4.69) is 5.10 Å². The van der Waals surface area contributed by atoms with Crippen LogP contribution in [0.15, 0.2) is 24.5 Å². The third-order valence-corrected chi connectivity index (χ3v) is 2.74. The molecule has 1 atom stereocenters. The average Bonchev–Trinajstić information content (AvgIpc) is 2.84. The van der Waals surface area contributed by atoms with Crippen molar-refractivity contribution in [1.82, 2.24) is 9.78 Å². The van der Waals surface area contributed by atoms with Crippen LogP contribution in [0.5, 0.6) is 0 Å². The zero-order valence-electron chi connectivity index (χ0n) is 9.70. The van der Waals surface area contributed by atoms with Gasteiger partial charge in [0.2, 0.25) is 0 Å². The lowest BCUT2D eigenvalue weighted by Crippen LogP contribution is -2.14. The highest BCUT2D eigenvalue weighted by atomic mass is 19.2. The van der Waals surface area contributed by atoms with Gasteiger partial charge in [-0.2, -0.15) is 5.10 Å². The van der Waals surface area contributed by atoms with Gasteiger partial charge >= 0.3 is 0 Å². The molecule has 0 aliphatic carbocycles. The highest BCUT2D eigenvalue weighted by Crippen LogP contribution is 2.24. The molecule has 0 bridgehead atoms. The molecule has 2 aromatic rings. The molecule has 1 unspecified atom stereocenters. The van der Waals surface area contributed by atoms with Gasteiger partial charge in [0.15, 0.2) is 17.5 Å². The molecule has 0 radical (unpaired) electrons. The molecule has 0 aliphatic heterocycles. The van der Waals surface area contributed by atoms with E-state index in [1.807, 2.05) is 6.92 Å². The van der Waals surface area contributed by atoms with Gasteiger partial charge in [-0.05, 0) is 13.0 Å². The van der Waals surface area contributed by atoms with Crippen molar-refractivity contribution in [2.24, 2.45) is 5.73 Å². The monoisotopic (exact) mass is 255 g/mol. The molecule has 1 heterocycles. The lowest BCUT2D eigenvalue weighted by Gasteiger charge is -2.11. The van der Waals surface area contributed by atoms with Crippen LogP contribution in [0.1, 0.15) is 24.1 Å². The highest BCUT2D eigenvalue weighted by molar-refractivity contribution is 5.30. The Labute approximate surface area is 102 Å². The normalized spacial score (nSPS) is 12.7. The summed E-state index contributed by atoms with van der Waals surface area (Å²) in [6, 6.07) is 1.12. The molecular weight excluding hydrogens is 243 g/mol. The van der Waals surface area contributed by atoms with Crippen LogP contribution in [-0.4, -0.2) is 9.78 Å². The van der Waals surface area contributed by atoms with Crippen molar-refractivity contribution < 1.29 is 13.2 Å². The van der Waals surface area contributed by atoms with Gasteiger partial charge in [-0.3, -0.25) is 4.68 Å². The molecule has 0 fully saturated rings. The van der Waals surface area contributed by atoms with Gasteiger partial charge in [-0.1, -0.05) is 6.07 Å². The van der Waals surface area contributed by atoms with Gasteiger partial charge in [-0.25, -0.2) is 13.2 Å². The fourth-order valence-corrected chi connectivity index (χ4v) is 1.67. The third-order valence-electron chi connectivity index (χ3n) is 2.74. The van der Waals surface area contributed by atoms with Gasteiger partial charge in [-0.15, -0.1) is 0 Å². The van der Waals surface area contributed by atoms with E-state index in [0.29, 0.717) is 12.1 Å². The highest BCUT2D eigenvalue weighted by Gasteiger charge is 2.20. The van der Waals surface area contributed by atoms with Crippen molar-refractivity contribution >= 4 is 0 Å². The molecule has 3 nitrogen and oxygen atoms in total. The molecule has 0 amide bonds. The van der Waals surface area contributed by atoms with Crippen molar-refractivity contribution in [1.29, 1.82) is 0 Å². The lowest BCUT2D eigenvalue weighted by atomic mass is 10.0. The van der Waals surface area contributed by atoms with E-state index < -0.39 is 23.5 Å². The quantitative estimate of drug-likeness (QED) is 0.856. The first kappa shape index (κ1) is 12.6. The molecule has 2 N–H and O–H groups in total. The van der Waals surface area contributed by atoms with Gasteiger partial charge in [0.1, 0.15) is 0 Å². The topological polar surface area (TPSA) is 43.8 Å². The number of rotatable bonds is 3. The fourth-order valence-electron chi connectivity index (χ4n) is 1.67. The number of nitrogens with zero attached hydrogens (tertiary/aromatic N) is 2. The summed E-state index contributed by atoms with van der Waals surface area (Å²) < 4.78 is 41.1. The number of benzene rings is 1. The Morgan fingerprint density at radius 1 is 1.28 bits per heavy atom. The second-order valence-corrected chi connectivity index (χ2v) is 3.87. The van der Waals surface area contributed by atoms with E-state index >= 15 is 0 Å². The molecule has 2 rings (SSSR count). The predicted octanol–water partition coefficient (Wildman–Crippen LogP) is 2.37. The molecule has 1 aromatic carbocycles. The Balaban J connectivity index is 2.39. The second-order valence-electron chi connectivity index (χ2n) is 3.87. The van der Waals surface area contributed by atoms with Crippen LogP contribution in [-0.2, 0) is 6.54 Å². The van der Waals surface area contributed by atoms with Crippen LogP contribution in [0.4, 0.5) is 13.2 Å². The standard InChI is InChI=1S/C12H12F3N3/c1-2-18-6-7(5-17-18)12(16)8-3-4-9(13)11(15)10(8)14/h3-6,12H,2,16H2,1H3. The van der Waals surface area contributed by atoms with Crippen LogP contribution in [0.3, 0.4) is 0 Å². The summed E-state index contributed by atoms with van der Waals surface area (Å²) >= 11 is 0. The average molecular weight is 255 g/mol. The molecule has 0 saturated carbocycles. The Hall–Kier alpha value is -1.82. The number of hydrogen-bond acceptors (Lipinski definition) is 2. The van der Waals surface area contributed by atoms with Crippen LogP contribution in [0, 0.1) is 17.5 Å². The van der Waals surface area contributed by atoms with Crippen LogP contribution in [0.25, 0.3) is 0 Å². The molecule has 0 saturated heterocycles. The second kappa shape index (κ2) is 4.81. The maximum Gasteiger partial charge on any atom is 0.194 e. The zero-order chi connectivity index (χ0) is 13.3. The Bertz CT molecular complexity index is 566. The Morgan fingerprint density at radius 2 is 2.00 bits per heavy atom. The molecule has 96 valence electrons. The summed E-state index contributed by atoms with van der Waals surface area (Å²) in [5.41, 5.74) is 6.27. The van der Waals surface area contributed by atoms with Crippen molar-refractivity contribution in [2.75, 3.05) is 0 Å². The zero-order valence-corrected chi connectivity index (χ0v) is 9.70. The number of nitrogens with two attached hydrogens (primary N) is 1. The molecular formula is C12H12F3N3. The van der Waals surface area contributed by atoms with E-state index in [0.717, 1.165) is 12.1 Å². The Morgan fingerprint density at radius 3 is 2.61 bits per heavy atom. The van der Waals surface area contributed by atoms with Crippen molar-refractivity contribution in [3.8, 4) is 0 Å². The van der Waals surface area contributed by atoms with E-state index in [4.69, 9.17) is 5.73 Å². The minimum atomic E-state index is -1.51. The SMILES string of the molecule is CCn1cc(C(N)c2ccc(F)c(F)c2F)cn1. The smallest absolute Gasteiger partial charge is 0.194 e. The molecule has 1 aromatic heterocycles. The van der Waals surface area contributed by atoms with Crippen LogP contribution >= 0.6 is 0 Å².